The van der Waals surface area contributed by atoms with E-state index >= 15 is 0 Å². The monoisotopic (exact) mass is 320 g/mol. The van der Waals surface area contributed by atoms with Crippen molar-refractivity contribution in [2.75, 3.05) is 39.6 Å². The number of para-hydroxylation sites is 1. The first kappa shape index (κ1) is 15.5. The predicted octanol–water partition coefficient (Wildman–Crippen LogP) is 1.26. The van der Waals surface area contributed by atoms with Gasteiger partial charge in [-0.3, -0.25) is 4.79 Å². The highest BCUT2D eigenvalue weighted by Crippen LogP contribution is 2.35. The zero-order chi connectivity index (χ0) is 16.2. The van der Waals surface area contributed by atoms with Crippen LogP contribution in [0, 0.1) is 0 Å². The summed E-state index contributed by atoms with van der Waals surface area (Å²) < 4.78 is 15.7. The van der Waals surface area contributed by atoms with Crippen LogP contribution in [-0.4, -0.2) is 61.4 Å². The van der Waals surface area contributed by atoms with Gasteiger partial charge in [-0.25, -0.2) is 4.79 Å². The van der Waals surface area contributed by atoms with Crippen LogP contribution in [0.5, 0.6) is 11.5 Å². The normalized spacial score (nSPS) is 16.4. The molecular formula is C16H20N2O5. The zero-order valence-electron chi connectivity index (χ0n) is 13.1. The maximum absolute atomic E-state index is 12.5. The molecule has 23 heavy (non-hydrogen) atoms. The number of fused-ring (bicyclic) bond motifs is 1. The Kier molecular flexibility index (Phi) is 4.55. The van der Waals surface area contributed by atoms with Gasteiger partial charge in [0, 0.05) is 31.7 Å². The minimum Gasteiger partial charge on any atom is -0.454 e. The first-order valence-corrected chi connectivity index (χ1v) is 7.76. The van der Waals surface area contributed by atoms with Crippen LogP contribution in [0.3, 0.4) is 0 Å². The van der Waals surface area contributed by atoms with Crippen LogP contribution in [0.4, 0.5) is 4.79 Å². The molecule has 0 aromatic heterocycles. The molecule has 1 fully saturated rings. The summed E-state index contributed by atoms with van der Waals surface area (Å²) in [6.45, 7) is 4.36. The third kappa shape index (κ3) is 3.33. The summed E-state index contributed by atoms with van der Waals surface area (Å²) in [5, 5.41) is 0. The summed E-state index contributed by atoms with van der Waals surface area (Å²) in [4.78, 5) is 27.5. The molecule has 0 spiro atoms. The largest absolute Gasteiger partial charge is 0.454 e. The number of carbonyl (C=O) groups excluding carboxylic acids is 2. The summed E-state index contributed by atoms with van der Waals surface area (Å²) >= 11 is 0. The van der Waals surface area contributed by atoms with Gasteiger partial charge < -0.3 is 24.0 Å². The van der Waals surface area contributed by atoms with E-state index in [1.165, 1.54) is 0 Å². The minimum atomic E-state index is -0.314. The molecule has 0 bridgehead atoms. The second kappa shape index (κ2) is 6.76. The number of benzene rings is 1. The lowest BCUT2D eigenvalue weighted by Crippen LogP contribution is -2.51. The Hall–Kier alpha value is -2.44. The van der Waals surface area contributed by atoms with Gasteiger partial charge in [0.05, 0.1) is 13.0 Å². The Bertz CT molecular complexity index is 596. The van der Waals surface area contributed by atoms with Crippen LogP contribution in [-0.2, 0) is 16.0 Å². The van der Waals surface area contributed by atoms with Crippen LogP contribution in [0.2, 0.25) is 0 Å². The molecule has 1 saturated heterocycles. The number of piperazine rings is 1. The second-order valence-corrected chi connectivity index (χ2v) is 5.39. The number of ether oxygens (including phenoxy) is 3. The quantitative estimate of drug-likeness (QED) is 0.839. The highest BCUT2D eigenvalue weighted by Gasteiger charge is 2.26. The van der Waals surface area contributed by atoms with Crippen LogP contribution in [0.1, 0.15) is 12.5 Å². The number of carbonyl (C=O) groups is 2. The Morgan fingerprint density at radius 3 is 2.61 bits per heavy atom. The highest BCUT2D eigenvalue weighted by atomic mass is 16.7. The van der Waals surface area contributed by atoms with Gasteiger partial charge in [0.15, 0.2) is 11.5 Å². The smallest absolute Gasteiger partial charge is 0.409 e. The lowest BCUT2D eigenvalue weighted by atomic mass is 10.1. The average Bonchev–Trinajstić information content (AvgIpc) is 3.05. The molecule has 0 aliphatic carbocycles. The van der Waals surface area contributed by atoms with Crippen molar-refractivity contribution in [3.63, 3.8) is 0 Å². The van der Waals surface area contributed by atoms with Gasteiger partial charge in [0.1, 0.15) is 0 Å². The van der Waals surface area contributed by atoms with Crippen molar-refractivity contribution in [2.45, 2.75) is 13.3 Å². The molecule has 124 valence electrons. The fourth-order valence-corrected chi connectivity index (χ4v) is 2.76. The lowest BCUT2D eigenvalue weighted by Gasteiger charge is -2.34. The van der Waals surface area contributed by atoms with Crippen molar-refractivity contribution in [1.82, 2.24) is 9.80 Å². The van der Waals surface area contributed by atoms with Crippen molar-refractivity contribution < 1.29 is 23.8 Å². The zero-order valence-corrected chi connectivity index (χ0v) is 13.1. The van der Waals surface area contributed by atoms with Crippen molar-refractivity contribution in [1.29, 1.82) is 0 Å². The first-order chi connectivity index (χ1) is 11.2. The Balaban J connectivity index is 1.56. The summed E-state index contributed by atoms with van der Waals surface area (Å²) in [6.07, 6.45) is -0.0441. The van der Waals surface area contributed by atoms with E-state index in [0.29, 0.717) is 44.3 Å². The molecule has 3 rings (SSSR count). The molecule has 0 radical (unpaired) electrons. The van der Waals surface area contributed by atoms with Crippen LogP contribution in [0.25, 0.3) is 0 Å². The van der Waals surface area contributed by atoms with Crippen molar-refractivity contribution in [3.05, 3.63) is 23.8 Å². The molecule has 7 heteroatoms. The van der Waals surface area contributed by atoms with E-state index in [9.17, 15) is 9.59 Å². The third-order valence-corrected chi connectivity index (χ3v) is 3.98. The third-order valence-electron chi connectivity index (χ3n) is 3.98. The van der Waals surface area contributed by atoms with Gasteiger partial charge in [0.25, 0.3) is 0 Å². The van der Waals surface area contributed by atoms with E-state index in [0.717, 1.165) is 5.56 Å². The fourth-order valence-electron chi connectivity index (χ4n) is 2.76. The summed E-state index contributed by atoms with van der Waals surface area (Å²) in [6, 6.07) is 5.56. The molecule has 0 atom stereocenters. The van der Waals surface area contributed by atoms with E-state index in [-0.39, 0.29) is 25.2 Å². The Morgan fingerprint density at radius 2 is 1.87 bits per heavy atom. The van der Waals surface area contributed by atoms with Crippen LogP contribution in [0.15, 0.2) is 18.2 Å². The molecule has 2 amide bonds. The minimum absolute atomic E-state index is 0.0254. The van der Waals surface area contributed by atoms with Gasteiger partial charge >= 0.3 is 6.09 Å². The predicted molar refractivity (Wildman–Crippen MR) is 81.4 cm³/mol. The first-order valence-electron chi connectivity index (χ1n) is 7.76. The average molecular weight is 320 g/mol. The van der Waals surface area contributed by atoms with E-state index in [2.05, 4.69) is 0 Å². The lowest BCUT2D eigenvalue weighted by molar-refractivity contribution is -0.132. The van der Waals surface area contributed by atoms with Crippen molar-refractivity contribution >= 4 is 12.0 Å². The van der Waals surface area contributed by atoms with Gasteiger partial charge in [-0.2, -0.15) is 0 Å². The summed E-state index contributed by atoms with van der Waals surface area (Å²) in [7, 11) is 0. The molecule has 1 aromatic rings. The summed E-state index contributed by atoms with van der Waals surface area (Å²) in [5.41, 5.74) is 0.831. The molecule has 7 nitrogen and oxygen atoms in total. The van der Waals surface area contributed by atoms with Gasteiger partial charge in [-0.1, -0.05) is 12.1 Å². The number of nitrogens with zero attached hydrogens (tertiary/aromatic N) is 2. The molecule has 0 unspecified atom stereocenters. The highest BCUT2D eigenvalue weighted by molar-refractivity contribution is 5.80. The Labute approximate surface area is 134 Å². The van der Waals surface area contributed by atoms with Crippen molar-refractivity contribution in [3.8, 4) is 11.5 Å². The number of rotatable bonds is 3. The molecular weight excluding hydrogens is 300 g/mol. The van der Waals surface area contributed by atoms with Crippen molar-refractivity contribution in [2.24, 2.45) is 0 Å². The SMILES string of the molecule is CCOC(=O)N1CCN(C(=O)Cc2cccc3c2OCO3)CC1. The number of amides is 2. The Morgan fingerprint density at radius 1 is 1.13 bits per heavy atom. The van der Waals surface area contributed by atoms with Gasteiger partial charge in [-0.05, 0) is 13.0 Å². The van der Waals surface area contributed by atoms with Crippen LogP contribution < -0.4 is 9.47 Å². The fraction of sp³-hybridized carbons (Fsp3) is 0.500. The molecule has 2 heterocycles. The topological polar surface area (TPSA) is 68.3 Å². The molecule has 2 aliphatic heterocycles. The van der Waals surface area contributed by atoms with Gasteiger partial charge in [-0.15, -0.1) is 0 Å². The molecule has 0 saturated carbocycles. The molecule has 2 aliphatic rings. The van der Waals surface area contributed by atoms with E-state index in [1.807, 2.05) is 18.2 Å². The van der Waals surface area contributed by atoms with Crippen LogP contribution >= 0.6 is 0 Å². The maximum Gasteiger partial charge on any atom is 0.409 e. The maximum atomic E-state index is 12.5. The number of hydrogen-bond acceptors (Lipinski definition) is 5. The molecule has 0 N–H and O–H groups in total. The standard InChI is InChI=1S/C16H20N2O5/c1-2-21-16(20)18-8-6-17(7-9-18)14(19)10-12-4-3-5-13-15(12)23-11-22-13/h3-5H,2,6-11H2,1H3. The number of hydrogen-bond donors (Lipinski definition) is 0. The summed E-state index contributed by atoms with van der Waals surface area (Å²) in [5.74, 6) is 1.37. The van der Waals surface area contributed by atoms with E-state index in [4.69, 9.17) is 14.2 Å². The van der Waals surface area contributed by atoms with Gasteiger partial charge in [0.2, 0.25) is 12.7 Å². The second-order valence-electron chi connectivity index (χ2n) is 5.39. The van der Waals surface area contributed by atoms with E-state index in [1.54, 1.807) is 16.7 Å². The van der Waals surface area contributed by atoms with E-state index < -0.39 is 0 Å². The molecule has 1 aromatic carbocycles.